The molecule has 0 bridgehead atoms. The molecular weight excluding hydrogens is 380 g/mol. The SMILES string of the molecule is Cc1ccc(C)c(N2N=C(C(=O)Nc3ccc4oc(C(C)C)nc4c3)CCC2=O)c1. The molecule has 2 amide bonds. The number of aromatic nitrogens is 1. The summed E-state index contributed by atoms with van der Waals surface area (Å²) in [6.07, 6.45) is 0.537. The van der Waals surface area contributed by atoms with Gasteiger partial charge >= 0.3 is 0 Å². The lowest BCUT2D eigenvalue weighted by molar-refractivity contribution is -0.118. The van der Waals surface area contributed by atoms with Crippen LogP contribution in [-0.2, 0) is 9.59 Å². The van der Waals surface area contributed by atoms with Crippen molar-refractivity contribution >= 4 is 40.0 Å². The molecule has 0 radical (unpaired) electrons. The van der Waals surface area contributed by atoms with Gasteiger partial charge < -0.3 is 9.73 Å². The first-order valence-corrected chi connectivity index (χ1v) is 10.0. The number of fused-ring (bicyclic) bond motifs is 1. The smallest absolute Gasteiger partial charge is 0.271 e. The van der Waals surface area contributed by atoms with Crippen molar-refractivity contribution in [2.45, 2.75) is 46.5 Å². The molecule has 7 nitrogen and oxygen atoms in total. The number of anilines is 2. The molecule has 0 unspecified atom stereocenters. The van der Waals surface area contributed by atoms with Crippen LogP contribution < -0.4 is 10.3 Å². The summed E-state index contributed by atoms with van der Waals surface area (Å²) in [5, 5.41) is 8.58. The number of carbonyl (C=O) groups excluding carboxylic acids is 2. The van der Waals surface area contributed by atoms with E-state index >= 15 is 0 Å². The van der Waals surface area contributed by atoms with Gasteiger partial charge in [-0.1, -0.05) is 26.0 Å². The van der Waals surface area contributed by atoms with Crippen LogP contribution in [0, 0.1) is 13.8 Å². The van der Waals surface area contributed by atoms with Crippen LogP contribution in [0.15, 0.2) is 45.9 Å². The second-order valence-corrected chi connectivity index (χ2v) is 7.89. The molecule has 0 atom stereocenters. The number of rotatable bonds is 4. The van der Waals surface area contributed by atoms with E-state index in [0.717, 1.165) is 11.1 Å². The summed E-state index contributed by atoms with van der Waals surface area (Å²) >= 11 is 0. The Balaban J connectivity index is 1.58. The number of aryl methyl sites for hydroxylation is 2. The third kappa shape index (κ3) is 3.83. The standard InChI is InChI=1S/C23H24N4O3/c1-13(2)23-25-18-12-16(7-9-20(18)30-23)24-22(29)17-8-10-21(28)27(26-17)19-11-14(3)5-6-15(19)4/h5-7,9,11-13H,8,10H2,1-4H3,(H,24,29). The van der Waals surface area contributed by atoms with E-state index in [1.54, 1.807) is 18.2 Å². The largest absolute Gasteiger partial charge is 0.440 e. The first kappa shape index (κ1) is 19.8. The zero-order chi connectivity index (χ0) is 21.4. The fourth-order valence-corrected chi connectivity index (χ4v) is 3.33. The molecule has 0 fully saturated rings. The number of hydrogen-bond donors (Lipinski definition) is 1. The minimum absolute atomic E-state index is 0.120. The molecule has 0 spiro atoms. The van der Waals surface area contributed by atoms with Crippen molar-refractivity contribution in [2.24, 2.45) is 5.10 Å². The highest BCUT2D eigenvalue weighted by atomic mass is 16.3. The van der Waals surface area contributed by atoms with Gasteiger partial charge in [-0.2, -0.15) is 5.10 Å². The van der Waals surface area contributed by atoms with Gasteiger partial charge in [0.25, 0.3) is 5.91 Å². The highest BCUT2D eigenvalue weighted by Crippen LogP contribution is 2.26. The summed E-state index contributed by atoms with van der Waals surface area (Å²) in [6, 6.07) is 11.2. The van der Waals surface area contributed by atoms with Gasteiger partial charge in [0.15, 0.2) is 11.5 Å². The van der Waals surface area contributed by atoms with Gasteiger partial charge in [0.1, 0.15) is 11.2 Å². The number of nitrogens with one attached hydrogen (secondary N) is 1. The van der Waals surface area contributed by atoms with E-state index in [-0.39, 0.29) is 24.2 Å². The third-order valence-corrected chi connectivity index (χ3v) is 5.04. The van der Waals surface area contributed by atoms with Gasteiger partial charge in [-0.15, -0.1) is 0 Å². The van der Waals surface area contributed by atoms with Crippen molar-refractivity contribution in [1.82, 2.24) is 4.98 Å². The maximum absolute atomic E-state index is 12.8. The van der Waals surface area contributed by atoms with Crippen LogP contribution >= 0.6 is 0 Å². The van der Waals surface area contributed by atoms with Gasteiger partial charge in [-0.25, -0.2) is 9.99 Å². The number of nitrogens with zero attached hydrogens (tertiary/aromatic N) is 3. The second-order valence-electron chi connectivity index (χ2n) is 7.89. The van der Waals surface area contributed by atoms with Crippen LogP contribution in [0.3, 0.4) is 0 Å². The number of carbonyl (C=O) groups is 2. The fourth-order valence-electron chi connectivity index (χ4n) is 3.33. The Hall–Kier alpha value is -3.48. The van der Waals surface area contributed by atoms with E-state index in [4.69, 9.17) is 4.42 Å². The van der Waals surface area contributed by atoms with Crippen molar-refractivity contribution in [2.75, 3.05) is 10.3 Å². The minimum atomic E-state index is -0.329. The quantitative estimate of drug-likeness (QED) is 0.683. The normalized spacial score (nSPS) is 14.4. The van der Waals surface area contributed by atoms with E-state index in [1.807, 2.05) is 45.9 Å². The number of hydrazone groups is 1. The van der Waals surface area contributed by atoms with Crippen molar-refractivity contribution in [3.63, 3.8) is 0 Å². The Labute approximate surface area is 174 Å². The van der Waals surface area contributed by atoms with Crippen molar-refractivity contribution in [1.29, 1.82) is 0 Å². The third-order valence-electron chi connectivity index (χ3n) is 5.04. The van der Waals surface area contributed by atoms with Gasteiger partial charge in [0, 0.05) is 24.4 Å². The highest BCUT2D eigenvalue weighted by molar-refractivity contribution is 6.44. The Morgan fingerprint density at radius 1 is 1.13 bits per heavy atom. The number of oxazole rings is 1. The van der Waals surface area contributed by atoms with Crippen LogP contribution in [-0.4, -0.2) is 22.5 Å². The molecule has 2 heterocycles. The number of amides is 2. The summed E-state index contributed by atoms with van der Waals surface area (Å²) in [5.74, 6) is 0.392. The van der Waals surface area contributed by atoms with Crippen LogP contribution in [0.5, 0.6) is 0 Å². The van der Waals surface area contributed by atoms with Gasteiger partial charge in [-0.05, 0) is 49.2 Å². The van der Waals surface area contributed by atoms with Crippen LogP contribution in [0.4, 0.5) is 11.4 Å². The van der Waals surface area contributed by atoms with Crippen molar-refractivity contribution in [3.05, 3.63) is 53.4 Å². The Morgan fingerprint density at radius 3 is 2.70 bits per heavy atom. The molecule has 2 aromatic carbocycles. The Kier molecular flexibility index (Phi) is 5.11. The summed E-state index contributed by atoms with van der Waals surface area (Å²) in [4.78, 5) is 29.8. The predicted octanol–water partition coefficient (Wildman–Crippen LogP) is 4.69. The lowest BCUT2D eigenvalue weighted by atomic mass is 10.1. The zero-order valence-corrected chi connectivity index (χ0v) is 17.5. The molecule has 154 valence electrons. The zero-order valence-electron chi connectivity index (χ0n) is 17.5. The number of benzene rings is 2. The molecule has 4 rings (SSSR count). The molecule has 1 N–H and O–H groups in total. The Morgan fingerprint density at radius 2 is 1.93 bits per heavy atom. The summed E-state index contributed by atoms with van der Waals surface area (Å²) in [6.45, 7) is 7.90. The van der Waals surface area contributed by atoms with Crippen molar-refractivity contribution < 1.29 is 14.0 Å². The highest BCUT2D eigenvalue weighted by Gasteiger charge is 2.26. The molecule has 1 aliphatic heterocycles. The average Bonchev–Trinajstić information content (AvgIpc) is 3.14. The minimum Gasteiger partial charge on any atom is -0.440 e. The van der Waals surface area contributed by atoms with E-state index in [2.05, 4.69) is 15.4 Å². The monoisotopic (exact) mass is 404 g/mol. The molecular formula is C23H24N4O3. The molecule has 0 aliphatic carbocycles. The van der Waals surface area contributed by atoms with Crippen LogP contribution in [0.2, 0.25) is 0 Å². The fraction of sp³-hybridized carbons (Fsp3) is 0.304. The number of hydrogen-bond acceptors (Lipinski definition) is 5. The average molecular weight is 404 g/mol. The van der Waals surface area contributed by atoms with Gasteiger partial charge in [0.05, 0.1) is 5.69 Å². The Bertz CT molecular complexity index is 1180. The van der Waals surface area contributed by atoms with E-state index in [0.29, 0.717) is 40.5 Å². The van der Waals surface area contributed by atoms with Gasteiger partial charge in [-0.3, -0.25) is 9.59 Å². The van der Waals surface area contributed by atoms with Crippen LogP contribution in [0.1, 0.15) is 49.6 Å². The predicted molar refractivity (Wildman–Crippen MR) is 117 cm³/mol. The maximum Gasteiger partial charge on any atom is 0.271 e. The molecule has 0 saturated heterocycles. The summed E-state index contributed by atoms with van der Waals surface area (Å²) < 4.78 is 5.71. The molecule has 7 heteroatoms. The molecule has 0 saturated carbocycles. The van der Waals surface area contributed by atoms with E-state index in [9.17, 15) is 9.59 Å². The van der Waals surface area contributed by atoms with E-state index in [1.165, 1.54) is 5.01 Å². The van der Waals surface area contributed by atoms with E-state index < -0.39 is 0 Å². The molecule has 1 aromatic heterocycles. The molecule has 30 heavy (non-hydrogen) atoms. The maximum atomic E-state index is 12.8. The van der Waals surface area contributed by atoms with Crippen molar-refractivity contribution in [3.8, 4) is 0 Å². The second kappa shape index (κ2) is 7.74. The summed E-state index contributed by atoms with van der Waals surface area (Å²) in [7, 11) is 0. The van der Waals surface area contributed by atoms with Crippen LogP contribution in [0.25, 0.3) is 11.1 Å². The topological polar surface area (TPSA) is 87.8 Å². The lowest BCUT2D eigenvalue weighted by Crippen LogP contribution is -2.36. The summed E-state index contributed by atoms with van der Waals surface area (Å²) in [5.41, 5.74) is 4.95. The molecule has 3 aromatic rings. The first-order valence-electron chi connectivity index (χ1n) is 10.0. The molecule has 1 aliphatic rings. The van der Waals surface area contributed by atoms with Gasteiger partial charge in [0.2, 0.25) is 5.91 Å². The first-order chi connectivity index (χ1) is 14.3. The lowest BCUT2D eigenvalue weighted by Gasteiger charge is -2.24.